The Labute approximate surface area is 113 Å². The molecule has 2 aromatic rings. The Morgan fingerprint density at radius 3 is 2.70 bits per heavy atom. The van der Waals surface area contributed by atoms with E-state index in [1.54, 1.807) is 14.1 Å². The maximum absolute atomic E-state index is 12.0. The Balaban J connectivity index is 2.29. The number of hydrogen-bond acceptors (Lipinski definition) is 5. The average Bonchev–Trinajstić information content (AvgIpc) is 2.95. The number of aromatic amines is 1. The van der Waals surface area contributed by atoms with Crippen LogP contribution in [0.5, 0.6) is 0 Å². The normalized spacial score (nSPS) is 10.6. The first-order chi connectivity index (χ1) is 9.41. The van der Waals surface area contributed by atoms with Crippen molar-refractivity contribution in [3.05, 3.63) is 44.5 Å². The van der Waals surface area contributed by atoms with Gasteiger partial charge < -0.3 is 9.47 Å². The van der Waals surface area contributed by atoms with Gasteiger partial charge in [-0.05, 0) is 0 Å². The highest BCUT2D eigenvalue weighted by molar-refractivity contribution is 5.91. The number of hydrogen-bond donors (Lipinski definition) is 1. The van der Waals surface area contributed by atoms with Gasteiger partial charge in [-0.25, -0.2) is 4.79 Å². The number of H-pyrrole nitrogens is 1. The summed E-state index contributed by atoms with van der Waals surface area (Å²) in [5, 5.41) is 9.59. The maximum Gasteiger partial charge on any atom is 0.330 e. The molecule has 20 heavy (non-hydrogen) atoms. The molecule has 9 nitrogen and oxygen atoms in total. The van der Waals surface area contributed by atoms with Crippen molar-refractivity contribution in [3.63, 3.8) is 0 Å². The van der Waals surface area contributed by atoms with Crippen LogP contribution < -0.4 is 11.2 Å². The molecule has 0 fully saturated rings. The lowest BCUT2D eigenvalue weighted by molar-refractivity contribution is 0.0778. The van der Waals surface area contributed by atoms with Gasteiger partial charge in [-0.3, -0.25) is 14.2 Å². The van der Waals surface area contributed by atoms with E-state index in [1.807, 2.05) is 0 Å². The summed E-state index contributed by atoms with van der Waals surface area (Å²) in [5.41, 5.74) is -0.333. The third kappa shape index (κ3) is 2.37. The first-order valence-electron chi connectivity index (χ1n) is 5.78. The molecule has 2 rings (SSSR count). The number of nitrogens with zero attached hydrogens (tertiary/aromatic N) is 5. The van der Waals surface area contributed by atoms with E-state index >= 15 is 0 Å². The summed E-state index contributed by atoms with van der Waals surface area (Å²) in [7, 11) is 4.49. The predicted molar refractivity (Wildman–Crippen MR) is 69.1 cm³/mol. The smallest absolute Gasteiger partial charge is 0.330 e. The van der Waals surface area contributed by atoms with Crippen molar-refractivity contribution in [1.29, 1.82) is 0 Å². The molecular formula is C11H14N6O3. The molecule has 2 heterocycles. The second-order valence-corrected chi connectivity index (χ2v) is 4.43. The van der Waals surface area contributed by atoms with E-state index in [4.69, 9.17) is 0 Å². The van der Waals surface area contributed by atoms with Crippen LogP contribution in [0.1, 0.15) is 16.1 Å². The molecule has 0 aliphatic carbocycles. The lowest BCUT2D eigenvalue weighted by Gasteiger charge is -2.16. The minimum absolute atomic E-state index is 0.0759. The Bertz CT molecular complexity index is 743. The lowest BCUT2D eigenvalue weighted by Crippen LogP contribution is -2.40. The largest absolute Gasteiger partial charge is 0.336 e. The molecule has 0 aliphatic rings. The molecule has 106 valence electrons. The van der Waals surface area contributed by atoms with Gasteiger partial charge in [-0.2, -0.15) is 15.4 Å². The SMILES string of the molecule is CN(Cc1cn(C)c(=O)n(C)c1=O)C(=O)c1cn[nH]n1. The molecule has 0 aliphatic heterocycles. The summed E-state index contributed by atoms with van der Waals surface area (Å²) in [4.78, 5) is 36.9. The van der Waals surface area contributed by atoms with E-state index < -0.39 is 11.2 Å². The van der Waals surface area contributed by atoms with Gasteiger partial charge in [-0.15, -0.1) is 0 Å². The van der Waals surface area contributed by atoms with Crippen molar-refractivity contribution in [3.8, 4) is 0 Å². The molecule has 2 aromatic heterocycles. The molecule has 0 unspecified atom stereocenters. The van der Waals surface area contributed by atoms with Crippen molar-refractivity contribution in [2.24, 2.45) is 14.1 Å². The molecule has 0 aromatic carbocycles. The lowest BCUT2D eigenvalue weighted by atomic mass is 10.3. The maximum atomic E-state index is 12.0. The zero-order valence-corrected chi connectivity index (χ0v) is 11.3. The van der Waals surface area contributed by atoms with Gasteiger partial charge in [0.1, 0.15) is 0 Å². The van der Waals surface area contributed by atoms with Gasteiger partial charge in [0.15, 0.2) is 5.69 Å². The van der Waals surface area contributed by atoms with Crippen LogP contribution in [-0.4, -0.2) is 42.4 Å². The predicted octanol–water partition coefficient (Wildman–Crippen LogP) is -1.53. The van der Waals surface area contributed by atoms with Gasteiger partial charge >= 0.3 is 5.69 Å². The van der Waals surface area contributed by atoms with Crippen LogP contribution in [0.25, 0.3) is 0 Å². The summed E-state index contributed by atoms with van der Waals surface area (Å²) in [5.74, 6) is -0.366. The highest BCUT2D eigenvalue weighted by Crippen LogP contribution is 2.01. The van der Waals surface area contributed by atoms with E-state index in [-0.39, 0.29) is 18.1 Å². The van der Waals surface area contributed by atoms with Crippen LogP contribution in [0.15, 0.2) is 22.0 Å². The van der Waals surface area contributed by atoms with Crippen molar-refractivity contribution in [2.45, 2.75) is 6.54 Å². The fourth-order valence-corrected chi connectivity index (χ4v) is 1.82. The summed E-state index contributed by atoms with van der Waals surface area (Å²) in [6.45, 7) is 0.0759. The monoisotopic (exact) mass is 278 g/mol. The molecule has 0 saturated carbocycles. The van der Waals surface area contributed by atoms with Crippen molar-refractivity contribution in [2.75, 3.05) is 7.05 Å². The number of carbonyl (C=O) groups is 1. The molecule has 1 N–H and O–H groups in total. The third-order valence-corrected chi connectivity index (χ3v) is 2.91. The number of amides is 1. The second kappa shape index (κ2) is 5.11. The van der Waals surface area contributed by atoms with Gasteiger partial charge in [-0.1, -0.05) is 0 Å². The van der Waals surface area contributed by atoms with Crippen LogP contribution in [0.4, 0.5) is 0 Å². The van der Waals surface area contributed by atoms with Gasteiger partial charge in [0.2, 0.25) is 0 Å². The molecule has 0 radical (unpaired) electrons. The first kappa shape index (κ1) is 13.7. The number of rotatable bonds is 3. The first-order valence-corrected chi connectivity index (χ1v) is 5.78. The van der Waals surface area contributed by atoms with Crippen LogP contribution >= 0.6 is 0 Å². The van der Waals surface area contributed by atoms with E-state index in [9.17, 15) is 14.4 Å². The van der Waals surface area contributed by atoms with Crippen LogP contribution in [0, 0.1) is 0 Å². The highest BCUT2D eigenvalue weighted by Gasteiger charge is 2.17. The number of aromatic nitrogens is 5. The van der Waals surface area contributed by atoms with Crippen molar-refractivity contribution in [1.82, 2.24) is 29.4 Å². The van der Waals surface area contributed by atoms with Crippen LogP contribution in [0.3, 0.4) is 0 Å². The minimum Gasteiger partial charge on any atom is -0.336 e. The second-order valence-electron chi connectivity index (χ2n) is 4.43. The van der Waals surface area contributed by atoms with Crippen LogP contribution in [-0.2, 0) is 20.6 Å². The number of carbonyl (C=O) groups excluding carboxylic acids is 1. The van der Waals surface area contributed by atoms with Crippen molar-refractivity contribution < 1.29 is 4.79 Å². The Kier molecular flexibility index (Phi) is 3.51. The molecule has 1 amide bonds. The summed E-state index contributed by atoms with van der Waals surface area (Å²) in [6, 6.07) is 0. The molecule has 0 spiro atoms. The van der Waals surface area contributed by atoms with E-state index in [1.165, 1.54) is 28.9 Å². The molecule has 0 atom stereocenters. The Hall–Kier alpha value is -2.71. The summed E-state index contributed by atoms with van der Waals surface area (Å²) < 4.78 is 2.30. The minimum atomic E-state index is -0.423. The quantitative estimate of drug-likeness (QED) is 0.733. The average molecular weight is 278 g/mol. The highest BCUT2D eigenvalue weighted by atomic mass is 16.2. The van der Waals surface area contributed by atoms with Crippen molar-refractivity contribution >= 4 is 5.91 Å². The van der Waals surface area contributed by atoms with E-state index in [0.29, 0.717) is 5.56 Å². The molecular weight excluding hydrogens is 264 g/mol. The van der Waals surface area contributed by atoms with E-state index in [0.717, 1.165) is 4.57 Å². The van der Waals surface area contributed by atoms with E-state index in [2.05, 4.69) is 15.4 Å². The van der Waals surface area contributed by atoms with Crippen LogP contribution in [0.2, 0.25) is 0 Å². The standard InChI is InChI=1S/C11H14N6O3/c1-15(10(19)8-4-12-14-13-8)5-7-6-16(2)11(20)17(3)9(7)18/h4,6H,5H2,1-3H3,(H,12,13,14). The number of aryl methyl sites for hydroxylation is 1. The fourth-order valence-electron chi connectivity index (χ4n) is 1.82. The molecule has 9 heteroatoms. The van der Waals surface area contributed by atoms with Gasteiger partial charge in [0, 0.05) is 27.3 Å². The molecule has 0 bridgehead atoms. The Morgan fingerprint density at radius 2 is 2.10 bits per heavy atom. The molecule has 0 saturated heterocycles. The fraction of sp³-hybridized carbons (Fsp3) is 0.364. The summed E-state index contributed by atoms with van der Waals surface area (Å²) in [6.07, 6.45) is 2.73. The Morgan fingerprint density at radius 1 is 1.40 bits per heavy atom. The summed E-state index contributed by atoms with van der Waals surface area (Å²) >= 11 is 0. The third-order valence-electron chi connectivity index (χ3n) is 2.91. The zero-order valence-electron chi connectivity index (χ0n) is 11.3. The van der Waals surface area contributed by atoms with Gasteiger partial charge in [0.05, 0.1) is 18.3 Å². The number of nitrogens with one attached hydrogen (secondary N) is 1. The zero-order chi connectivity index (χ0) is 14.9. The topological polar surface area (TPSA) is 106 Å². The van der Waals surface area contributed by atoms with Gasteiger partial charge in [0.25, 0.3) is 11.5 Å².